The number of amides is 2. The van der Waals surface area contributed by atoms with E-state index in [1.807, 2.05) is 0 Å². The number of carboxylic acid groups (broad SMARTS) is 1. The molecular formula is C16H17ClN2O4. The number of carbonyl (C=O) groups excluding carboxylic acids is 2. The molecule has 1 saturated heterocycles. The average molecular weight is 337 g/mol. The molecule has 122 valence electrons. The highest BCUT2D eigenvalue weighted by Gasteiger charge is 2.42. The topological polar surface area (TPSA) is 77.9 Å². The van der Waals surface area contributed by atoms with Crippen molar-refractivity contribution in [3.05, 3.63) is 29.3 Å². The molecule has 1 aliphatic heterocycles. The first kappa shape index (κ1) is 15.8. The molecule has 1 aliphatic carbocycles. The summed E-state index contributed by atoms with van der Waals surface area (Å²) in [4.78, 5) is 38.7. The van der Waals surface area contributed by atoms with Crippen molar-refractivity contribution in [3.8, 4) is 0 Å². The van der Waals surface area contributed by atoms with Gasteiger partial charge in [-0.05, 0) is 37.1 Å². The van der Waals surface area contributed by atoms with Crippen LogP contribution in [0.15, 0.2) is 24.3 Å². The van der Waals surface area contributed by atoms with Crippen LogP contribution in [0.25, 0.3) is 0 Å². The van der Waals surface area contributed by atoms with Crippen LogP contribution < -0.4 is 4.90 Å². The van der Waals surface area contributed by atoms with Crippen LogP contribution in [0, 0.1) is 5.92 Å². The lowest BCUT2D eigenvalue weighted by molar-refractivity contribution is -0.146. The van der Waals surface area contributed by atoms with Gasteiger partial charge in [0.1, 0.15) is 6.54 Å². The summed E-state index contributed by atoms with van der Waals surface area (Å²) in [6.45, 7) is -0.0166. The van der Waals surface area contributed by atoms with E-state index < -0.39 is 11.9 Å². The Balaban J connectivity index is 1.72. The molecule has 0 radical (unpaired) electrons. The van der Waals surface area contributed by atoms with Gasteiger partial charge < -0.3 is 14.9 Å². The van der Waals surface area contributed by atoms with E-state index in [1.165, 1.54) is 4.90 Å². The molecule has 1 atom stereocenters. The van der Waals surface area contributed by atoms with E-state index in [9.17, 15) is 14.4 Å². The number of nitrogens with zero attached hydrogens (tertiary/aromatic N) is 2. The molecule has 0 bridgehead atoms. The Hall–Kier alpha value is -2.08. The first-order valence-corrected chi connectivity index (χ1v) is 7.91. The largest absolute Gasteiger partial charge is 0.480 e. The van der Waals surface area contributed by atoms with Gasteiger partial charge in [-0.2, -0.15) is 0 Å². The van der Waals surface area contributed by atoms with Crippen LogP contribution in [0.3, 0.4) is 0 Å². The maximum Gasteiger partial charge on any atom is 0.323 e. The first-order chi connectivity index (χ1) is 11.0. The lowest BCUT2D eigenvalue weighted by Gasteiger charge is -2.23. The maximum atomic E-state index is 12.6. The second-order valence-electron chi connectivity index (χ2n) is 5.97. The molecule has 0 aromatic heterocycles. The molecule has 2 aliphatic rings. The third kappa shape index (κ3) is 3.47. The van der Waals surface area contributed by atoms with Crippen molar-refractivity contribution in [2.45, 2.75) is 25.3 Å². The normalized spacial score (nSPS) is 20.7. The molecule has 2 fully saturated rings. The molecule has 1 aromatic carbocycles. The molecule has 1 aromatic rings. The van der Waals surface area contributed by atoms with Gasteiger partial charge in [-0.15, -0.1) is 0 Å². The summed E-state index contributed by atoms with van der Waals surface area (Å²) < 4.78 is 0. The van der Waals surface area contributed by atoms with Crippen molar-refractivity contribution in [1.29, 1.82) is 0 Å². The monoisotopic (exact) mass is 336 g/mol. The number of benzene rings is 1. The van der Waals surface area contributed by atoms with Crippen LogP contribution in [0.1, 0.15) is 19.3 Å². The van der Waals surface area contributed by atoms with Gasteiger partial charge in [0.05, 0.1) is 5.92 Å². The average Bonchev–Trinajstić information content (AvgIpc) is 3.27. The van der Waals surface area contributed by atoms with Crippen LogP contribution in [0.5, 0.6) is 0 Å². The van der Waals surface area contributed by atoms with Crippen molar-refractivity contribution in [1.82, 2.24) is 4.90 Å². The zero-order valence-electron chi connectivity index (χ0n) is 12.4. The molecule has 2 amide bonds. The smallest absolute Gasteiger partial charge is 0.323 e. The lowest BCUT2D eigenvalue weighted by atomic mass is 10.1. The van der Waals surface area contributed by atoms with E-state index in [0.29, 0.717) is 10.7 Å². The van der Waals surface area contributed by atoms with Crippen molar-refractivity contribution >= 4 is 35.1 Å². The minimum Gasteiger partial charge on any atom is -0.480 e. The number of aliphatic carboxylic acids is 1. The van der Waals surface area contributed by atoms with Crippen molar-refractivity contribution < 1.29 is 19.5 Å². The molecule has 1 saturated carbocycles. The Morgan fingerprint density at radius 2 is 1.91 bits per heavy atom. The van der Waals surface area contributed by atoms with E-state index in [-0.39, 0.29) is 37.4 Å². The van der Waals surface area contributed by atoms with E-state index in [1.54, 1.807) is 29.2 Å². The minimum atomic E-state index is -1.02. The van der Waals surface area contributed by atoms with Gasteiger partial charge >= 0.3 is 5.97 Å². The molecule has 1 N–H and O–H groups in total. The number of hydrogen-bond acceptors (Lipinski definition) is 3. The SMILES string of the molecule is O=C(O)CN(C(=O)C1CC(=O)N(c2ccc(Cl)cc2)C1)C1CC1. The summed E-state index contributed by atoms with van der Waals surface area (Å²) in [5, 5.41) is 9.55. The standard InChI is InChI=1S/C16H17ClN2O4/c17-11-1-3-12(4-2-11)18-8-10(7-14(18)20)16(23)19(9-15(21)22)13-5-6-13/h1-4,10,13H,5-9H2,(H,21,22). The molecule has 3 rings (SSSR count). The summed E-state index contributed by atoms with van der Waals surface area (Å²) in [7, 11) is 0. The number of carboxylic acids is 1. The third-order valence-corrected chi connectivity index (χ3v) is 4.44. The van der Waals surface area contributed by atoms with Gasteiger partial charge in [0, 0.05) is 29.7 Å². The highest BCUT2D eigenvalue weighted by molar-refractivity contribution is 6.30. The van der Waals surface area contributed by atoms with Crippen molar-refractivity contribution in [2.24, 2.45) is 5.92 Å². The first-order valence-electron chi connectivity index (χ1n) is 7.54. The van der Waals surface area contributed by atoms with E-state index >= 15 is 0 Å². The summed E-state index contributed by atoms with van der Waals surface area (Å²) in [5.41, 5.74) is 0.700. The predicted octanol–water partition coefficient (Wildman–Crippen LogP) is 1.77. The molecular weight excluding hydrogens is 320 g/mol. The number of halogens is 1. The van der Waals surface area contributed by atoms with Crippen LogP contribution in [0.4, 0.5) is 5.69 Å². The van der Waals surface area contributed by atoms with Crippen molar-refractivity contribution in [2.75, 3.05) is 18.0 Å². The predicted molar refractivity (Wildman–Crippen MR) is 84.3 cm³/mol. The van der Waals surface area contributed by atoms with Gasteiger partial charge in [-0.3, -0.25) is 14.4 Å². The number of anilines is 1. The Labute approximate surface area is 138 Å². The van der Waals surface area contributed by atoms with Gasteiger partial charge in [0.25, 0.3) is 0 Å². The van der Waals surface area contributed by atoms with Crippen LogP contribution in [-0.2, 0) is 14.4 Å². The fourth-order valence-corrected chi connectivity index (χ4v) is 3.02. The molecule has 23 heavy (non-hydrogen) atoms. The maximum absolute atomic E-state index is 12.6. The quantitative estimate of drug-likeness (QED) is 0.889. The summed E-state index contributed by atoms with van der Waals surface area (Å²) >= 11 is 5.85. The van der Waals surface area contributed by atoms with E-state index in [2.05, 4.69) is 0 Å². The molecule has 6 nitrogen and oxygen atoms in total. The second kappa shape index (κ2) is 6.20. The van der Waals surface area contributed by atoms with Gasteiger partial charge in [0.15, 0.2) is 0 Å². The van der Waals surface area contributed by atoms with E-state index in [4.69, 9.17) is 16.7 Å². The Morgan fingerprint density at radius 3 is 2.48 bits per heavy atom. The van der Waals surface area contributed by atoms with E-state index in [0.717, 1.165) is 12.8 Å². The number of carbonyl (C=O) groups is 3. The Bertz CT molecular complexity index is 642. The van der Waals surface area contributed by atoms with Gasteiger partial charge in [-0.1, -0.05) is 11.6 Å². The van der Waals surface area contributed by atoms with Crippen LogP contribution in [0.2, 0.25) is 5.02 Å². The highest BCUT2D eigenvalue weighted by Crippen LogP contribution is 2.32. The van der Waals surface area contributed by atoms with Crippen LogP contribution in [-0.4, -0.2) is 46.9 Å². The number of hydrogen-bond donors (Lipinski definition) is 1. The second-order valence-corrected chi connectivity index (χ2v) is 6.41. The van der Waals surface area contributed by atoms with Crippen LogP contribution >= 0.6 is 11.6 Å². The fraction of sp³-hybridized carbons (Fsp3) is 0.438. The number of rotatable bonds is 5. The lowest BCUT2D eigenvalue weighted by Crippen LogP contribution is -2.42. The Morgan fingerprint density at radius 1 is 1.26 bits per heavy atom. The third-order valence-electron chi connectivity index (χ3n) is 4.19. The summed E-state index contributed by atoms with van der Waals surface area (Å²) in [5.74, 6) is -1.88. The zero-order valence-corrected chi connectivity index (χ0v) is 13.2. The molecule has 1 heterocycles. The zero-order chi connectivity index (χ0) is 16.6. The van der Waals surface area contributed by atoms with Gasteiger partial charge in [-0.25, -0.2) is 0 Å². The minimum absolute atomic E-state index is 0.0123. The van der Waals surface area contributed by atoms with Crippen molar-refractivity contribution in [3.63, 3.8) is 0 Å². The fourth-order valence-electron chi connectivity index (χ4n) is 2.90. The Kier molecular flexibility index (Phi) is 4.26. The highest BCUT2D eigenvalue weighted by atomic mass is 35.5. The summed E-state index contributed by atoms with van der Waals surface area (Å²) in [6.07, 6.45) is 1.78. The summed E-state index contributed by atoms with van der Waals surface area (Å²) in [6, 6.07) is 6.88. The molecule has 7 heteroatoms. The molecule has 0 spiro atoms. The molecule has 1 unspecified atom stereocenters. The van der Waals surface area contributed by atoms with Gasteiger partial charge in [0.2, 0.25) is 11.8 Å².